The van der Waals surface area contributed by atoms with Gasteiger partial charge in [-0.25, -0.2) is 19.8 Å². The van der Waals surface area contributed by atoms with Gasteiger partial charge in [0.25, 0.3) is 0 Å². The zero-order valence-electron chi connectivity index (χ0n) is 17.4. The second kappa shape index (κ2) is 9.09. The Morgan fingerprint density at radius 3 is 2.76 bits per heavy atom. The highest BCUT2D eigenvalue weighted by atomic mass is 16.5. The minimum absolute atomic E-state index is 0.253. The molecule has 8 heteroatoms. The SMILES string of the molecule is CCCc1nc2c(N)nc3ccccc3c2n1CCCCNC(=O)N(O)C(C)C. The van der Waals surface area contributed by atoms with E-state index in [0.29, 0.717) is 17.4 Å². The number of urea groups is 1. The van der Waals surface area contributed by atoms with E-state index in [-0.39, 0.29) is 6.04 Å². The number of hydroxylamine groups is 2. The number of hydrogen-bond donors (Lipinski definition) is 3. The van der Waals surface area contributed by atoms with E-state index in [1.807, 2.05) is 18.2 Å². The Labute approximate surface area is 170 Å². The minimum Gasteiger partial charge on any atom is -0.382 e. The molecule has 0 spiro atoms. The van der Waals surface area contributed by atoms with Crippen molar-refractivity contribution in [1.29, 1.82) is 0 Å². The van der Waals surface area contributed by atoms with Crippen LogP contribution in [0.3, 0.4) is 0 Å². The molecule has 156 valence electrons. The number of aryl methyl sites for hydroxylation is 2. The normalized spacial score (nSPS) is 11.5. The lowest BCUT2D eigenvalue weighted by Gasteiger charge is -2.19. The number of pyridine rings is 1. The van der Waals surface area contributed by atoms with Crippen LogP contribution >= 0.6 is 0 Å². The molecule has 8 nitrogen and oxygen atoms in total. The molecule has 2 aromatic heterocycles. The number of unbranched alkanes of at least 4 members (excludes halogenated alkanes) is 1. The van der Waals surface area contributed by atoms with Crippen molar-refractivity contribution in [2.45, 2.75) is 59.0 Å². The molecule has 3 aromatic rings. The molecule has 0 atom stereocenters. The van der Waals surface area contributed by atoms with Crippen molar-refractivity contribution in [3.63, 3.8) is 0 Å². The summed E-state index contributed by atoms with van der Waals surface area (Å²) in [6.07, 6.45) is 3.52. The van der Waals surface area contributed by atoms with Crippen molar-refractivity contribution < 1.29 is 10.0 Å². The van der Waals surface area contributed by atoms with Crippen molar-refractivity contribution in [2.24, 2.45) is 0 Å². The Bertz CT molecular complexity index is 998. The summed E-state index contributed by atoms with van der Waals surface area (Å²) in [6, 6.07) is 7.26. The Kier molecular flexibility index (Phi) is 6.53. The molecule has 29 heavy (non-hydrogen) atoms. The number of carbonyl (C=O) groups is 1. The Morgan fingerprint density at radius 1 is 1.28 bits per heavy atom. The number of fused-ring (bicyclic) bond motifs is 3. The molecule has 0 aliphatic carbocycles. The Morgan fingerprint density at radius 2 is 2.03 bits per heavy atom. The molecule has 0 aliphatic heterocycles. The lowest BCUT2D eigenvalue weighted by atomic mass is 10.2. The fraction of sp³-hybridized carbons (Fsp3) is 0.476. The van der Waals surface area contributed by atoms with Gasteiger partial charge in [-0.15, -0.1) is 0 Å². The summed E-state index contributed by atoms with van der Waals surface area (Å²) in [5.41, 5.74) is 8.85. The summed E-state index contributed by atoms with van der Waals surface area (Å²) >= 11 is 0. The number of rotatable bonds is 8. The Balaban J connectivity index is 1.77. The highest BCUT2D eigenvalue weighted by Crippen LogP contribution is 2.29. The van der Waals surface area contributed by atoms with E-state index in [9.17, 15) is 10.0 Å². The molecule has 2 heterocycles. The summed E-state index contributed by atoms with van der Waals surface area (Å²) in [5.74, 6) is 1.47. The lowest BCUT2D eigenvalue weighted by Crippen LogP contribution is -2.41. The summed E-state index contributed by atoms with van der Waals surface area (Å²) < 4.78 is 2.24. The minimum atomic E-state index is -0.468. The fourth-order valence-electron chi connectivity index (χ4n) is 3.47. The predicted molar refractivity (Wildman–Crippen MR) is 115 cm³/mol. The maximum Gasteiger partial charge on any atom is 0.341 e. The van der Waals surface area contributed by atoms with E-state index in [4.69, 9.17) is 10.7 Å². The number of para-hydroxylation sites is 1. The molecule has 0 fully saturated rings. The number of nitrogen functional groups attached to an aromatic ring is 1. The van der Waals surface area contributed by atoms with Gasteiger partial charge in [0.2, 0.25) is 0 Å². The third kappa shape index (κ3) is 4.42. The molecular weight excluding hydrogens is 368 g/mol. The first-order chi connectivity index (χ1) is 13.9. The number of nitrogens with one attached hydrogen (secondary N) is 1. The predicted octanol–water partition coefficient (Wildman–Crippen LogP) is 3.71. The molecule has 3 rings (SSSR count). The average molecular weight is 399 g/mol. The Hall–Kier alpha value is -2.87. The number of imidazole rings is 1. The maximum atomic E-state index is 11.8. The van der Waals surface area contributed by atoms with Gasteiger partial charge in [-0.3, -0.25) is 5.21 Å². The molecule has 0 saturated heterocycles. The van der Waals surface area contributed by atoms with E-state index in [2.05, 4.69) is 27.9 Å². The van der Waals surface area contributed by atoms with Crippen LogP contribution in [0, 0.1) is 0 Å². The quantitative estimate of drug-likeness (QED) is 0.304. The topological polar surface area (TPSA) is 109 Å². The zero-order valence-corrected chi connectivity index (χ0v) is 17.4. The van der Waals surface area contributed by atoms with Crippen LogP contribution in [-0.4, -0.2) is 43.4 Å². The number of amides is 2. The number of nitrogens with two attached hydrogens (primary N) is 1. The lowest BCUT2D eigenvalue weighted by molar-refractivity contribution is -0.0677. The van der Waals surface area contributed by atoms with Crippen molar-refractivity contribution in [1.82, 2.24) is 24.9 Å². The second-order valence-corrected chi connectivity index (χ2v) is 7.52. The van der Waals surface area contributed by atoms with Crippen LogP contribution < -0.4 is 11.1 Å². The van der Waals surface area contributed by atoms with Gasteiger partial charge in [0.1, 0.15) is 11.3 Å². The summed E-state index contributed by atoms with van der Waals surface area (Å²) in [5, 5.41) is 14.1. The molecule has 0 bridgehead atoms. The number of benzene rings is 1. The molecule has 0 radical (unpaired) electrons. The van der Waals surface area contributed by atoms with E-state index in [1.54, 1.807) is 13.8 Å². The molecule has 4 N–H and O–H groups in total. The summed E-state index contributed by atoms with van der Waals surface area (Å²) in [7, 11) is 0. The van der Waals surface area contributed by atoms with E-state index >= 15 is 0 Å². The highest BCUT2D eigenvalue weighted by Gasteiger charge is 2.17. The van der Waals surface area contributed by atoms with Crippen LogP contribution in [-0.2, 0) is 13.0 Å². The van der Waals surface area contributed by atoms with Gasteiger partial charge in [-0.1, -0.05) is 25.1 Å². The first-order valence-electron chi connectivity index (χ1n) is 10.2. The van der Waals surface area contributed by atoms with Crippen LogP contribution in [0.4, 0.5) is 10.6 Å². The van der Waals surface area contributed by atoms with Crippen molar-refractivity contribution in [3.8, 4) is 0 Å². The molecule has 0 aliphatic rings. The molecule has 0 unspecified atom stereocenters. The number of anilines is 1. The second-order valence-electron chi connectivity index (χ2n) is 7.52. The first-order valence-corrected chi connectivity index (χ1v) is 10.2. The van der Waals surface area contributed by atoms with E-state index in [0.717, 1.165) is 60.0 Å². The first kappa shape index (κ1) is 20.9. The van der Waals surface area contributed by atoms with Crippen LogP contribution in [0.15, 0.2) is 24.3 Å². The third-order valence-electron chi connectivity index (χ3n) is 4.94. The van der Waals surface area contributed by atoms with Gasteiger partial charge in [0.15, 0.2) is 5.82 Å². The fourth-order valence-corrected chi connectivity index (χ4v) is 3.47. The van der Waals surface area contributed by atoms with Crippen molar-refractivity contribution >= 4 is 33.8 Å². The monoisotopic (exact) mass is 398 g/mol. The summed E-state index contributed by atoms with van der Waals surface area (Å²) in [6.45, 7) is 6.92. The number of nitrogens with zero attached hydrogens (tertiary/aromatic N) is 4. The summed E-state index contributed by atoms with van der Waals surface area (Å²) in [4.78, 5) is 21.1. The van der Waals surface area contributed by atoms with Gasteiger partial charge in [-0.2, -0.15) is 0 Å². The molecular formula is C21H30N6O2. The van der Waals surface area contributed by atoms with E-state index < -0.39 is 6.03 Å². The number of hydrogen-bond acceptors (Lipinski definition) is 5. The van der Waals surface area contributed by atoms with Gasteiger partial charge in [0, 0.05) is 24.9 Å². The van der Waals surface area contributed by atoms with Gasteiger partial charge in [-0.05, 0) is 39.2 Å². The van der Waals surface area contributed by atoms with Crippen LogP contribution in [0.5, 0.6) is 0 Å². The zero-order chi connectivity index (χ0) is 21.0. The van der Waals surface area contributed by atoms with E-state index in [1.165, 1.54) is 0 Å². The average Bonchev–Trinajstić information content (AvgIpc) is 3.06. The van der Waals surface area contributed by atoms with Crippen LogP contribution in [0.2, 0.25) is 0 Å². The van der Waals surface area contributed by atoms with Gasteiger partial charge >= 0.3 is 6.03 Å². The van der Waals surface area contributed by atoms with Gasteiger partial charge < -0.3 is 15.6 Å². The van der Waals surface area contributed by atoms with Crippen molar-refractivity contribution in [3.05, 3.63) is 30.1 Å². The highest BCUT2D eigenvalue weighted by molar-refractivity contribution is 6.06. The van der Waals surface area contributed by atoms with Crippen molar-refractivity contribution in [2.75, 3.05) is 12.3 Å². The maximum absolute atomic E-state index is 11.8. The van der Waals surface area contributed by atoms with Crippen LogP contribution in [0.25, 0.3) is 21.9 Å². The smallest absolute Gasteiger partial charge is 0.341 e. The molecule has 2 amide bonds. The number of carbonyl (C=O) groups excluding carboxylic acids is 1. The molecule has 0 saturated carbocycles. The standard InChI is InChI=1S/C21H30N6O2/c1-4-9-17-25-18-19(15-10-5-6-11-16(15)24-20(18)22)26(17)13-8-7-12-23-21(28)27(29)14(2)3/h5-6,10-11,14,29H,4,7-9,12-13H2,1-3H3,(H2,22,24)(H,23,28). The third-order valence-corrected chi connectivity index (χ3v) is 4.94. The molecule has 1 aromatic carbocycles. The largest absolute Gasteiger partial charge is 0.382 e. The number of aromatic nitrogens is 3. The van der Waals surface area contributed by atoms with Gasteiger partial charge in [0.05, 0.1) is 17.1 Å². The van der Waals surface area contributed by atoms with Crippen LogP contribution in [0.1, 0.15) is 45.9 Å².